The molecule has 0 aliphatic heterocycles. The van der Waals surface area contributed by atoms with Crippen molar-refractivity contribution in [1.29, 1.82) is 0 Å². The number of halogens is 1. The Kier molecular flexibility index (Phi) is 16.7. The van der Waals surface area contributed by atoms with Gasteiger partial charge in [-0.05, 0) is 74.9 Å². The molecule has 0 unspecified atom stereocenters. The van der Waals surface area contributed by atoms with E-state index in [9.17, 15) is 19.5 Å². The number of hydrogen-bond acceptors (Lipinski definition) is 5. The minimum Gasteiger partial charge on any atom is -0.508 e. The maximum atomic E-state index is 12.8. The molecule has 0 aromatic heterocycles. The summed E-state index contributed by atoms with van der Waals surface area (Å²) in [5.41, 5.74) is 2.51. The summed E-state index contributed by atoms with van der Waals surface area (Å²) in [6, 6.07) is 12.9. The first-order chi connectivity index (χ1) is 17.2. The normalized spacial score (nSPS) is 11.9. The quantitative estimate of drug-likeness (QED) is 0.245. The van der Waals surface area contributed by atoms with E-state index in [4.69, 9.17) is 0 Å². The van der Waals surface area contributed by atoms with Crippen LogP contribution in [0.3, 0.4) is 0 Å². The summed E-state index contributed by atoms with van der Waals surface area (Å²) in [6.45, 7) is 6.59. The molecule has 7 N–H and O–H groups in total. The smallest absolute Gasteiger partial charge is 0.246 e. The summed E-state index contributed by atoms with van der Waals surface area (Å²) >= 11 is 0. The molecular weight excluding hydrogens is 508 g/mol. The number of aryl methyl sites for hydroxylation is 1. The molecule has 9 nitrogen and oxygen atoms in total. The number of rotatable bonds is 14. The van der Waals surface area contributed by atoms with E-state index in [1.807, 2.05) is 24.3 Å². The van der Waals surface area contributed by atoms with Crippen molar-refractivity contribution in [3.63, 3.8) is 0 Å². The van der Waals surface area contributed by atoms with Crippen LogP contribution >= 0.6 is 12.4 Å². The van der Waals surface area contributed by atoms with E-state index in [0.717, 1.165) is 17.5 Å². The Morgan fingerprint density at radius 1 is 0.947 bits per heavy atom. The van der Waals surface area contributed by atoms with E-state index < -0.39 is 12.1 Å². The zero-order valence-electron chi connectivity index (χ0n) is 22.7. The standard InChI is InChI=1S/C28H40N4O4.ClH.H2O/c1-19(2)16-17-30-26(34)11-7-9-22-8-5-6-10-24(22)32-27(35)20(3)31-28(36)25(29-4)18-21-12-14-23(33)15-13-21;;/h5-6,8,10,12-15,19-20,25,29,33H,7,9,11,16-18H2,1-4H3,(H,30,34)(H,31,36)(H,32,35);1H;1H2/t20-,25+;;/m1../s1. The molecule has 38 heavy (non-hydrogen) atoms. The van der Waals surface area contributed by atoms with Crippen molar-refractivity contribution in [2.75, 3.05) is 18.9 Å². The first kappa shape index (κ1) is 34.9. The van der Waals surface area contributed by atoms with Crippen LogP contribution in [0.15, 0.2) is 48.5 Å². The highest BCUT2D eigenvalue weighted by molar-refractivity contribution is 5.98. The number of para-hydroxylation sites is 1. The highest BCUT2D eigenvalue weighted by atomic mass is 35.5. The molecule has 2 aromatic rings. The van der Waals surface area contributed by atoms with Crippen LogP contribution in [0.2, 0.25) is 0 Å². The second-order valence-electron chi connectivity index (χ2n) is 9.47. The molecule has 0 aliphatic carbocycles. The van der Waals surface area contributed by atoms with Gasteiger partial charge in [0, 0.05) is 18.7 Å². The third-order valence-corrected chi connectivity index (χ3v) is 5.96. The van der Waals surface area contributed by atoms with E-state index in [2.05, 4.69) is 35.1 Å². The van der Waals surface area contributed by atoms with E-state index in [-0.39, 0.29) is 41.4 Å². The summed E-state index contributed by atoms with van der Waals surface area (Å²) in [5, 5.41) is 21.0. The van der Waals surface area contributed by atoms with Gasteiger partial charge >= 0.3 is 0 Å². The van der Waals surface area contributed by atoms with Crippen molar-refractivity contribution < 1.29 is 25.0 Å². The van der Waals surface area contributed by atoms with Gasteiger partial charge < -0.3 is 31.8 Å². The molecule has 0 fully saturated rings. The Hall–Kier alpha value is -3.14. The van der Waals surface area contributed by atoms with Crippen molar-refractivity contribution in [2.45, 2.75) is 65.0 Å². The van der Waals surface area contributed by atoms with Crippen LogP contribution in [-0.4, -0.2) is 54.0 Å². The molecule has 0 saturated heterocycles. The fourth-order valence-corrected chi connectivity index (χ4v) is 3.70. The first-order valence-electron chi connectivity index (χ1n) is 12.6. The van der Waals surface area contributed by atoms with Crippen LogP contribution < -0.4 is 21.3 Å². The first-order valence-corrected chi connectivity index (χ1v) is 12.6. The zero-order valence-corrected chi connectivity index (χ0v) is 23.5. The minimum atomic E-state index is -0.743. The highest BCUT2D eigenvalue weighted by Crippen LogP contribution is 2.18. The van der Waals surface area contributed by atoms with Gasteiger partial charge in [-0.15, -0.1) is 12.4 Å². The summed E-state index contributed by atoms with van der Waals surface area (Å²) in [4.78, 5) is 37.6. The number of phenolic OH excluding ortho intramolecular Hbond substituents is 1. The third kappa shape index (κ3) is 12.4. The average molecular weight is 551 g/mol. The maximum Gasteiger partial charge on any atom is 0.246 e. The zero-order chi connectivity index (χ0) is 26.5. The summed E-state index contributed by atoms with van der Waals surface area (Å²) < 4.78 is 0. The SMILES string of the molecule is CN[C@@H](Cc1ccc(O)cc1)C(=O)N[C@H](C)C(=O)Nc1ccccc1CCCC(=O)NCCC(C)C.Cl.O. The van der Waals surface area contributed by atoms with Crippen molar-refractivity contribution in [3.8, 4) is 5.75 Å². The van der Waals surface area contributed by atoms with Crippen LogP contribution in [0.25, 0.3) is 0 Å². The summed E-state index contributed by atoms with van der Waals surface area (Å²) in [7, 11) is 1.69. The molecular formula is C28H43ClN4O5. The van der Waals surface area contributed by atoms with E-state index >= 15 is 0 Å². The number of carbonyl (C=O) groups excluding carboxylic acids is 3. The van der Waals surface area contributed by atoms with Crippen LogP contribution in [0.1, 0.15) is 51.2 Å². The number of hydrogen-bond donors (Lipinski definition) is 5. The number of likely N-dealkylation sites (N-methyl/N-ethyl adjacent to an activating group) is 1. The van der Waals surface area contributed by atoms with Crippen molar-refractivity contribution in [3.05, 3.63) is 59.7 Å². The second kappa shape index (κ2) is 18.2. The molecule has 0 spiro atoms. The van der Waals surface area contributed by atoms with Gasteiger partial charge in [-0.25, -0.2) is 0 Å². The molecule has 0 bridgehead atoms. The molecule has 0 radical (unpaired) electrons. The maximum absolute atomic E-state index is 12.8. The summed E-state index contributed by atoms with van der Waals surface area (Å²) in [6.07, 6.45) is 3.14. The molecule has 212 valence electrons. The Balaban J connectivity index is 0.00000684. The predicted octanol–water partition coefficient (Wildman–Crippen LogP) is 2.75. The molecule has 10 heteroatoms. The molecule has 0 heterocycles. The summed E-state index contributed by atoms with van der Waals surface area (Å²) in [5.74, 6) is 0.155. The van der Waals surface area contributed by atoms with Gasteiger partial charge in [-0.3, -0.25) is 14.4 Å². The van der Waals surface area contributed by atoms with Gasteiger partial charge in [0.2, 0.25) is 17.7 Å². The van der Waals surface area contributed by atoms with E-state index in [1.54, 1.807) is 38.2 Å². The number of benzene rings is 2. The predicted molar refractivity (Wildman–Crippen MR) is 154 cm³/mol. The minimum absolute atomic E-state index is 0. The fraction of sp³-hybridized carbons (Fsp3) is 0.464. The second-order valence-corrected chi connectivity index (χ2v) is 9.47. The lowest BCUT2D eigenvalue weighted by atomic mass is 10.0. The Labute approximate surface area is 231 Å². The van der Waals surface area contributed by atoms with Gasteiger partial charge in [0.1, 0.15) is 11.8 Å². The number of anilines is 1. The van der Waals surface area contributed by atoms with Crippen molar-refractivity contribution >= 4 is 35.8 Å². The lowest BCUT2D eigenvalue weighted by molar-refractivity contribution is -0.127. The molecule has 0 aliphatic rings. The van der Waals surface area contributed by atoms with Gasteiger partial charge in [-0.1, -0.05) is 44.2 Å². The van der Waals surface area contributed by atoms with Crippen LogP contribution in [-0.2, 0) is 27.2 Å². The number of carbonyl (C=O) groups is 3. The van der Waals surface area contributed by atoms with Crippen LogP contribution in [0, 0.1) is 5.92 Å². The lowest BCUT2D eigenvalue weighted by Gasteiger charge is -2.20. The van der Waals surface area contributed by atoms with Gasteiger partial charge in [-0.2, -0.15) is 0 Å². The molecule has 2 rings (SSSR count). The molecule has 0 saturated carbocycles. The molecule has 2 atom stereocenters. The number of nitrogens with one attached hydrogen (secondary N) is 4. The van der Waals surface area contributed by atoms with Gasteiger partial charge in [0.25, 0.3) is 0 Å². The van der Waals surface area contributed by atoms with Crippen LogP contribution in [0.5, 0.6) is 5.75 Å². The van der Waals surface area contributed by atoms with Gasteiger partial charge in [0.05, 0.1) is 6.04 Å². The largest absolute Gasteiger partial charge is 0.508 e. The Morgan fingerprint density at radius 2 is 1.61 bits per heavy atom. The number of phenols is 1. The van der Waals surface area contributed by atoms with Crippen molar-refractivity contribution in [1.82, 2.24) is 16.0 Å². The average Bonchev–Trinajstić information content (AvgIpc) is 2.84. The van der Waals surface area contributed by atoms with Crippen molar-refractivity contribution in [2.24, 2.45) is 5.92 Å². The highest BCUT2D eigenvalue weighted by Gasteiger charge is 2.22. The van der Waals surface area contributed by atoms with Gasteiger partial charge in [0.15, 0.2) is 0 Å². The lowest BCUT2D eigenvalue weighted by Crippen LogP contribution is -2.50. The molecule has 3 amide bonds. The Bertz CT molecular complexity index is 1000. The third-order valence-electron chi connectivity index (χ3n) is 5.96. The topological polar surface area (TPSA) is 151 Å². The number of aromatic hydroxyl groups is 1. The number of amides is 3. The van der Waals surface area contributed by atoms with E-state index in [1.165, 1.54) is 0 Å². The molecule has 2 aromatic carbocycles. The van der Waals surface area contributed by atoms with Crippen LogP contribution in [0.4, 0.5) is 5.69 Å². The Morgan fingerprint density at radius 3 is 2.24 bits per heavy atom. The van der Waals surface area contributed by atoms with E-state index in [0.29, 0.717) is 43.8 Å². The fourth-order valence-electron chi connectivity index (χ4n) is 3.70. The monoisotopic (exact) mass is 550 g/mol.